The zero-order chi connectivity index (χ0) is 21.8. The summed E-state index contributed by atoms with van der Waals surface area (Å²) in [6.45, 7) is 1.96. The van der Waals surface area contributed by atoms with Gasteiger partial charge in [0.1, 0.15) is 23.9 Å². The maximum atomic E-state index is 14.0. The third-order valence-electron chi connectivity index (χ3n) is 4.59. The van der Waals surface area contributed by atoms with Crippen LogP contribution in [0.25, 0.3) is 0 Å². The van der Waals surface area contributed by atoms with Crippen LogP contribution >= 0.6 is 11.6 Å². The van der Waals surface area contributed by atoms with Gasteiger partial charge in [-0.05, 0) is 31.2 Å². The van der Waals surface area contributed by atoms with Gasteiger partial charge in [-0.2, -0.15) is 5.10 Å². The van der Waals surface area contributed by atoms with Gasteiger partial charge in [-0.25, -0.2) is 4.39 Å². The second kappa shape index (κ2) is 9.01. The molecule has 9 heteroatoms. The zero-order valence-corrected chi connectivity index (χ0v) is 17.3. The number of anilines is 1. The first-order valence-corrected chi connectivity index (χ1v) is 9.80. The third-order valence-corrected chi connectivity index (χ3v) is 4.94. The molecule has 0 aliphatic heterocycles. The molecule has 0 fully saturated rings. The highest BCUT2D eigenvalue weighted by Gasteiger charge is 2.21. The Kier molecular flexibility index (Phi) is 5.99. The number of para-hydroxylation sites is 1. The Bertz CT molecular complexity index is 1190. The molecule has 158 valence electrons. The molecule has 0 bridgehead atoms. The minimum atomic E-state index is -0.488. The molecule has 2 aromatic heterocycles. The van der Waals surface area contributed by atoms with E-state index in [1.807, 2.05) is 30.3 Å². The molecule has 0 saturated carbocycles. The van der Waals surface area contributed by atoms with Crippen molar-refractivity contribution in [1.29, 1.82) is 0 Å². The Morgan fingerprint density at radius 3 is 2.74 bits per heavy atom. The van der Waals surface area contributed by atoms with Crippen molar-refractivity contribution in [1.82, 2.24) is 14.9 Å². The molecular formula is C22H18ClFN4O3. The fourth-order valence-corrected chi connectivity index (χ4v) is 3.17. The van der Waals surface area contributed by atoms with Crippen LogP contribution in [0, 0.1) is 12.7 Å². The minimum absolute atomic E-state index is 0.111. The predicted molar refractivity (Wildman–Crippen MR) is 113 cm³/mol. The van der Waals surface area contributed by atoms with E-state index in [0.717, 1.165) is 0 Å². The zero-order valence-electron chi connectivity index (χ0n) is 16.5. The number of carbonyl (C=O) groups is 1. The van der Waals surface area contributed by atoms with Gasteiger partial charge in [-0.1, -0.05) is 41.0 Å². The van der Waals surface area contributed by atoms with Gasteiger partial charge in [-0.3, -0.25) is 9.48 Å². The topological polar surface area (TPSA) is 82.2 Å². The Balaban J connectivity index is 1.45. The largest absolute Gasteiger partial charge is 0.489 e. The number of aromatic nitrogens is 3. The fraction of sp³-hybridized carbons (Fsp3) is 0.136. The summed E-state index contributed by atoms with van der Waals surface area (Å²) >= 11 is 6.06. The first-order chi connectivity index (χ1) is 15.0. The summed E-state index contributed by atoms with van der Waals surface area (Å²) in [6.07, 6.45) is 1.62. The van der Waals surface area contributed by atoms with Gasteiger partial charge in [0.25, 0.3) is 5.91 Å². The maximum Gasteiger partial charge on any atom is 0.279 e. The maximum absolute atomic E-state index is 14.0. The van der Waals surface area contributed by atoms with Crippen LogP contribution in [0.2, 0.25) is 5.02 Å². The van der Waals surface area contributed by atoms with Crippen molar-refractivity contribution >= 4 is 23.3 Å². The smallest absolute Gasteiger partial charge is 0.279 e. The number of amides is 1. The van der Waals surface area contributed by atoms with Crippen molar-refractivity contribution in [3.05, 3.63) is 94.2 Å². The minimum Gasteiger partial charge on any atom is -0.489 e. The van der Waals surface area contributed by atoms with Crippen LogP contribution in [0.5, 0.6) is 5.75 Å². The molecule has 0 aliphatic carbocycles. The predicted octanol–water partition coefficient (Wildman–Crippen LogP) is 4.85. The van der Waals surface area contributed by atoms with Gasteiger partial charge in [0.2, 0.25) is 0 Å². The van der Waals surface area contributed by atoms with Gasteiger partial charge in [-0.15, -0.1) is 0 Å². The van der Waals surface area contributed by atoms with E-state index in [9.17, 15) is 9.18 Å². The molecule has 0 unspecified atom stereocenters. The lowest BCUT2D eigenvalue weighted by atomic mass is 10.2. The monoisotopic (exact) mass is 440 g/mol. The van der Waals surface area contributed by atoms with Crippen molar-refractivity contribution in [2.75, 3.05) is 5.32 Å². The van der Waals surface area contributed by atoms with E-state index in [1.54, 1.807) is 25.3 Å². The number of nitrogens with one attached hydrogen (secondary N) is 1. The third kappa shape index (κ3) is 4.75. The molecule has 0 radical (unpaired) electrons. The molecule has 0 aliphatic rings. The summed E-state index contributed by atoms with van der Waals surface area (Å²) in [5.41, 5.74) is 0.969. The van der Waals surface area contributed by atoms with Gasteiger partial charge in [0, 0.05) is 22.8 Å². The first-order valence-electron chi connectivity index (χ1n) is 9.42. The highest BCUT2D eigenvalue weighted by molar-refractivity contribution is 6.31. The van der Waals surface area contributed by atoms with Gasteiger partial charge in [0.15, 0.2) is 11.5 Å². The molecule has 4 aromatic rings. The van der Waals surface area contributed by atoms with Crippen LogP contribution in [0.3, 0.4) is 0 Å². The molecule has 0 atom stereocenters. The quantitative estimate of drug-likeness (QED) is 0.444. The number of hydrogen-bond acceptors (Lipinski definition) is 5. The van der Waals surface area contributed by atoms with Crippen molar-refractivity contribution in [2.45, 2.75) is 20.1 Å². The number of halogens is 2. The normalized spacial score (nSPS) is 10.8. The summed E-state index contributed by atoms with van der Waals surface area (Å²) in [5.74, 6) is 0.529. The SMILES string of the molecule is Cc1onc(C(=O)Nc2ccn(Cc3c(F)cccc3Cl)n2)c1COc1ccccc1. The van der Waals surface area contributed by atoms with Gasteiger partial charge < -0.3 is 14.6 Å². The van der Waals surface area contributed by atoms with E-state index in [1.165, 1.54) is 16.8 Å². The van der Waals surface area contributed by atoms with Crippen LogP contribution in [-0.2, 0) is 13.2 Å². The molecule has 4 rings (SSSR count). The van der Waals surface area contributed by atoms with Crippen LogP contribution < -0.4 is 10.1 Å². The molecule has 0 spiro atoms. The lowest BCUT2D eigenvalue weighted by molar-refractivity contribution is 0.101. The summed E-state index contributed by atoms with van der Waals surface area (Å²) in [5, 5.41) is 11.1. The Morgan fingerprint density at radius 1 is 1.16 bits per heavy atom. The van der Waals surface area contributed by atoms with E-state index in [2.05, 4.69) is 15.6 Å². The summed E-state index contributed by atoms with van der Waals surface area (Å²) in [4.78, 5) is 12.7. The van der Waals surface area contributed by atoms with E-state index >= 15 is 0 Å². The molecule has 2 aromatic carbocycles. The van der Waals surface area contributed by atoms with Crippen LogP contribution in [0.15, 0.2) is 65.3 Å². The number of aryl methyl sites for hydroxylation is 1. The fourth-order valence-electron chi connectivity index (χ4n) is 2.95. The Morgan fingerprint density at radius 2 is 1.97 bits per heavy atom. The van der Waals surface area contributed by atoms with Gasteiger partial charge in [0.05, 0.1) is 12.1 Å². The van der Waals surface area contributed by atoms with E-state index in [4.69, 9.17) is 20.9 Å². The van der Waals surface area contributed by atoms with Crippen LogP contribution in [-0.4, -0.2) is 20.8 Å². The Hall–Kier alpha value is -3.65. The number of carbonyl (C=O) groups excluding carboxylic acids is 1. The second-order valence-electron chi connectivity index (χ2n) is 6.72. The van der Waals surface area contributed by atoms with Crippen molar-refractivity contribution in [3.8, 4) is 5.75 Å². The van der Waals surface area contributed by atoms with Gasteiger partial charge >= 0.3 is 0 Å². The highest BCUT2D eigenvalue weighted by Crippen LogP contribution is 2.21. The number of ether oxygens (including phenoxy) is 1. The Labute approximate surface area is 182 Å². The van der Waals surface area contributed by atoms with E-state index in [-0.39, 0.29) is 24.7 Å². The van der Waals surface area contributed by atoms with Crippen LogP contribution in [0.4, 0.5) is 10.2 Å². The first kappa shape index (κ1) is 20.6. The number of benzene rings is 2. The molecule has 1 amide bonds. The van der Waals surface area contributed by atoms with Crippen LogP contribution in [0.1, 0.15) is 27.4 Å². The molecule has 0 saturated heterocycles. The molecular weight excluding hydrogens is 423 g/mol. The average molecular weight is 441 g/mol. The lowest BCUT2D eigenvalue weighted by Gasteiger charge is -2.07. The average Bonchev–Trinajstić information content (AvgIpc) is 3.36. The second-order valence-corrected chi connectivity index (χ2v) is 7.13. The van der Waals surface area contributed by atoms with E-state index in [0.29, 0.717) is 27.7 Å². The summed E-state index contributed by atoms with van der Waals surface area (Å²) in [7, 11) is 0. The summed E-state index contributed by atoms with van der Waals surface area (Å²) in [6, 6.07) is 15.3. The standard InChI is InChI=1S/C22H18ClFN4O3/c1-14-17(13-30-15-6-3-2-4-7-15)21(27-31-14)22(29)25-20-10-11-28(26-20)12-16-18(23)8-5-9-19(16)24/h2-11H,12-13H2,1H3,(H,25,26,29). The molecule has 7 nitrogen and oxygen atoms in total. The highest BCUT2D eigenvalue weighted by atomic mass is 35.5. The van der Waals surface area contributed by atoms with Crippen molar-refractivity contribution in [2.24, 2.45) is 0 Å². The number of rotatable bonds is 7. The molecule has 1 N–H and O–H groups in total. The summed E-state index contributed by atoms with van der Waals surface area (Å²) < 4.78 is 26.4. The molecule has 31 heavy (non-hydrogen) atoms. The van der Waals surface area contributed by atoms with Crippen molar-refractivity contribution in [3.63, 3.8) is 0 Å². The lowest BCUT2D eigenvalue weighted by Crippen LogP contribution is -2.16. The molecule has 2 heterocycles. The van der Waals surface area contributed by atoms with E-state index < -0.39 is 11.7 Å². The number of nitrogens with zero attached hydrogens (tertiary/aromatic N) is 3. The number of hydrogen-bond donors (Lipinski definition) is 1. The van der Waals surface area contributed by atoms with Crippen molar-refractivity contribution < 1.29 is 18.4 Å².